The Hall–Kier alpha value is -2.43. The summed E-state index contributed by atoms with van der Waals surface area (Å²) in [5, 5.41) is 0. The molecule has 1 aliphatic heterocycles. The first-order chi connectivity index (χ1) is 11.2. The lowest BCUT2D eigenvalue weighted by Crippen LogP contribution is -2.30. The molecule has 0 saturated carbocycles. The van der Waals surface area contributed by atoms with Crippen molar-refractivity contribution in [1.29, 1.82) is 0 Å². The lowest BCUT2D eigenvalue weighted by molar-refractivity contribution is 0.0648. The number of rotatable bonds is 6. The van der Waals surface area contributed by atoms with Crippen molar-refractivity contribution in [2.45, 2.75) is 25.7 Å². The van der Waals surface area contributed by atoms with Gasteiger partial charge in [-0.3, -0.25) is 14.5 Å². The number of benzene rings is 1. The minimum atomic E-state index is -0.309. The minimum Gasteiger partial charge on any atom is -0.491 e. The van der Waals surface area contributed by atoms with E-state index in [0.29, 0.717) is 49.3 Å². The highest BCUT2D eigenvalue weighted by Crippen LogP contribution is 2.23. The van der Waals surface area contributed by atoms with Gasteiger partial charge in [0.2, 0.25) is 0 Å². The van der Waals surface area contributed by atoms with Crippen LogP contribution in [0.15, 0.2) is 48.0 Å². The molecule has 2 amide bonds. The molecule has 0 fully saturated rings. The number of ether oxygens (including phenoxy) is 1. The summed E-state index contributed by atoms with van der Waals surface area (Å²) in [5.41, 5.74) is 0.932. The molecule has 1 heterocycles. The van der Waals surface area contributed by atoms with Crippen LogP contribution in [0.1, 0.15) is 46.4 Å². The quantitative estimate of drug-likeness (QED) is 0.595. The van der Waals surface area contributed by atoms with Crippen molar-refractivity contribution in [3.63, 3.8) is 0 Å². The number of allylic oxidation sites excluding steroid dienone is 3. The average Bonchev–Trinajstić information content (AvgIpc) is 2.81. The molecule has 0 atom stereocenters. The predicted molar refractivity (Wildman–Crippen MR) is 83.5 cm³/mol. The highest BCUT2D eigenvalue weighted by atomic mass is 19.1. The third-order valence-electron chi connectivity index (χ3n) is 3.97. The van der Waals surface area contributed by atoms with Gasteiger partial charge in [0.05, 0.1) is 17.7 Å². The van der Waals surface area contributed by atoms with Crippen LogP contribution in [-0.4, -0.2) is 29.9 Å². The summed E-state index contributed by atoms with van der Waals surface area (Å²) in [7, 11) is 0. The molecule has 3 rings (SSSR count). The Labute approximate surface area is 134 Å². The molecule has 0 saturated heterocycles. The molecule has 0 bridgehead atoms. The summed E-state index contributed by atoms with van der Waals surface area (Å²) >= 11 is 0. The van der Waals surface area contributed by atoms with Crippen LogP contribution in [0.2, 0.25) is 0 Å². The molecule has 1 aromatic carbocycles. The maximum atomic E-state index is 13.4. The lowest BCUT2D eigenvalue weighted by atomic mass is 10.1. The Morgan fingerprint density at radius 1 is 1.00 bits per heavy atom. The minimum absolute atomic E-state index is 0.240. The highest BCUT2D eigenvalue weighted by molar-refractivity contribution is 6.21. The van der Waals surface area contributed by atoms with Crippen LogP contribution in [0.5, 0.6) is 0 Å². The van der Waals surface area contributed by atoms with Crippen molar-refractivity contribution in [2.75, 3.05) is 13.2 Å². The summed E-state index contributed by atoms with van der Waals surface area (Å²) in [6.45, 7) is 0.726. The van der Waals surface area contributed by atoms with E-state index < -0.39 is 0 Å². The highest BCUT2D eigenvalue weighted by Gasteiger charge is 2.34. The first kappa shape index (κ1) is 15.5. The summed E-state index contributed by atoms with van der Waals surface area (Å²) in [4.78, 5) is 25.6. The van der Waals surface area contributed by atoms with E-state index in [2.05, 4.69) is 0 Å². The van der Waals surface area contributed by atoms with Crippen LogP contribution in [0.25, 0.3) is 0 Å². The standard InChI is InChI=1S/C18H18FNO3/c19-15-9-3-4-10-16(15)23-12-6-5-11-20-17(21)13-7-1-2-8-14(13)18(20)22/h1-2,7-10H,3-6,11-12H2. The van der Waals surface area contributed by atoms with Crippen molar-refractivity contribution in [3.8, 4) is 0 Å². The zero-order valence-electron chi connectivity index (χ0n) is 12.8. The molecule has 2 aliphatic rings. The van der Waals surface area contributed by atoms with Gasteiger partial charge in [0.1, 0.15) is 0 Å². The van der Waals surface area contributed by atoms with Gasteiger partial charge < -0.3 is 4.74 Å². The van der Waals surface area contributed by atoms with E-state index in [4.69, 9.17) is 4.74 Å². The van der Waals surface area contributed by atoms with Gasteiger partial charge in [-0.25, -0.2) is 4.39 Å². The predicted octanol–water partition coefficient (Wildman–Crippen LogP) is 3.61. The number of unbranched alkanes of at least 4 members (excludes halogenated alkanes) is 1. The molecule has 120 valence electrons. The van der Waals surface area contributed by atoms with Gasteiger partial charge in [0.25, 0.3) is 11.8 Å². The third kappa shape index (κ3) is 3.18. The molecule has 5 heteroatoms. The van der Waals surface area contributed by atoms with Crippen LogP contribution in [0.4, 0.5) is 4.39 Å². The van der Waals surface area contributed by atoms with Crippen LogP contribution >= 0.6 is 0 Å². The van der Waals surface area contributed by atoms with Crippen LogP contribution < -0.4 is 0 Å². The Kier molecular flexibility index (Phi) is 4.55. The van der Waals surface area contributed by atoms with Gasteiger partial charge in [-0.15, -0.1) is 0 Å². The fraction of sp³-hybridized carbons (Fsp3) is 0.333. The van der Waals surface area contributed by atoms with Crippen molar-refractivity contribution in [1.82, 2.24) is 4.90 Å². The lowest BCUT2D eigenvalue weighted by Gasteiger charge is -2.15. The Bertz CT molecular complexity index is 658. The molecule has 0 aromatic heterocycles. The summed E-state index contributed by atoms with van der Waals surface area (Å²) in [6, 6.07) is 6.84. The maximum Gasteiger partial charge on any atom is 0.261 e. The van der Waals surface area contributed by atoms with E-state index >= 15 is 0 Å². The van der Waals surface area contributed by atoms with Gasteiger partial charge in [-0.1, -0.05) is 12.1 Å². The molecule has 0 unspecified atom stereocenters. The van der Waals surface area contributed by atoms with Gasteiger partial charge in [-0.2, -0.15) is 0 Å². The second-order valence-corrected chi connectivity index (χ2v) is 5.56. The van der Waals surface area contributed by atoms with E-state index in [1.54, 1.807) is 30.3 Å². The molecular weight excluding hydrogens is 297 g/mol. The number of hydrogen-bond donors (Lipinski definition) is 0. The second-order valence-electron chi connectivity index (χ2n) is 5.56. The first-order valence-electron chi connectivity index (χ1n) is 7.82. The van der Waals surface area contributed by atoms with E-state index in [9.17, 15) is 14.0 Å². The SMILES string of the molecule is O=C1c2ccccc2C(=O)N1CCCCOC1=CCCC=C1F. The van der Waals surface area contributed by atoms with E-state index in [0.717, 1.165) is 6.42 Å². The number of amides is 2. The molecule has 0 spiro atoms. The third-order valence-corrected chi connectivity index (χ3v) is 3.97. The van der Waals surface area contributed by atoms with Gasteiger partial charge >= 0.3 is 0 Å². The van der Waals surface area contributed by atoms with Crippen molar-refractivity contribution in [2.24, 2.45) is 0 Å². The van der Waals surface area contributed by atoms with Crippen molar-refractivity contribution >= 4 is 11.8 Å². The fourth-order valence-electron chi connectivity index (χ4n) is 2.75. The number of carbonyl (C=O) groups is 2. The summed E-state index contributed by atoms with van der Waals surface area (Å²) in [5.74, 6) is -0.487. The monoisotopic (exact) mass is 315 g/mol. The van der Waals surface area contributed by atoms with Crippen LogP contribution in [0, 0.1) is 0 Å². The number of nitrogens with zero attached hydrogens (tertiary/aromatic N) is 1. The smallest absolute Gasteiger partial charge is 0.261 e. The molecule has 4 nitrogen and oxygen atoms in total. The number of imide groups is 1. The van der Waals surface area contributed by atoms with Crippen molar-refractivity contribution < 1.29 is 18.7 Å². The molecule has 0 radical (unpaired) electrons. The zero-order chi connectivity index (χ0) is 16.2. The van der Waals surface area contributed by atoms with Gasteiger partial charge in [0.15, 0.2) is 11.6 Å². The Morgan fingerprint density at radius 2 is 1.65 bits per heavy atom. The number of halogens is 1. The van der Waals surface area contributed by atoms with E-state index in [1.165, 1.54) is 11.0 Å². The number of hydrogen-bond acceptors (Lipinski definition) is 3. The Morgan fingerprint density at radius 3 is 2.30 bits per heavy atom. The largest absolute Gasteiger partial charge is 0.491 e. The normalized spacial score (nSPS) is 17.0. The van der Waals surface area contributed by atoms with Crippen LogP contribution in [-0.2, 0) is 4.74 Å². The first-order valence-corrected chi connectivity index (χ1v) is 7.82. The van der Waals surface area contributed by atoms with E-state index in [1.807, 2.05) is 0 Å². The topological polar surface area (TPSA) is 46.6 Å². The average molecular weight is 315 g/mol. The second kappa shape index (κ2) is 6.77. The zero-order valence-corrected chi connectivity index (χ0v) is 12.8. The fourth-order valence-corrected chi connectivity index (χ4v) is 2.75. The molecule has 1 aliphatic carbocycles. The number of carbonyl (C=O) groups excluding carboxylic acids is 2. The summed E-state index contributed by atoms with van der Waals surface area (Å²) < 4.78 is 18.8. The Balaban J connectivity index is 1.45. The van der Waals surface area contributed by atoms with Gasteiger partial charge in [0, 0.05) is 6.54 Å². The molecule has 1 aromatic rings. The van der Waals surface area contributed by atoms with Crippen molar-refractivity contribution in [3.05, 3.63) is 59.1 Å². The molecular formula is C18H18FNO3. The molecule has 23 heavy (non-hydrogen) atoms. The molecule has 0 N–H and O–H groups in total. The summed E-state index contributed by atoms with van der Waals surface area (Å²) in [6.07, 6.45) is 6.05. The van der Waals surface area contributed by atoms with Crippen LogP contribution in [0.3, 0.4) is 0 Å². The van der Waals surface area contributed by atoms with E-state index in [-0.39, 0.29) is 17.6 Å². The maximum absolute atomic E-state index is 13.4. The van der Waals surface area contributed by atoms with Gasteiger partial charge in [-0.05, 0) is 50.0 Å². The number of fused-ring (bicyclic) bond motifs is 1.